The fourth-order valence-corrected chi connectivity index (χ4v) is 7.42. The van der Waals surface area contributed by atoms with Gasteiger partial charge in [0.2, 0.25) is 5.88 Å². The molecule has 0 bridgehead atoms. The molecule has 0 spiro atoms. The Balaban J connectivity index is 1.41. The highest BCUT2D eigenvalue weighted by Gasteiger charge is 2.40. The highest BCUT2D eigenvalue weighted by atomic mass is 32.1. The summed E-state index contributed by atoms with van der Waals surface area (Å²) >= 11 is 1.71. The van der Waals surface area contributed by atoms with Crippen molar-refractivity contribution in [3.05, 3.63) is 38.9 Å². The molecule has 9 heteroatoms. The molecular formula is C30H46N4O4S. The van der Waals surface area contributed by atoms with E-state index in [1.807, 2.05) is 21.0 Å². The topological polar surface area (TPSA) is 85.0 Å². The number of thiophene rings is 1. The van der Waals surface area contributed by atoms with Crippen molar-refractivity contribution in [2.45, 2.75) is 90.4 Å². The van der Waals surface area contributed by atoms with Gasteiger partial charge in [0.1, 0.15) is 0 Å². The van der Waals surface area contributed by atoms with Crippen LogP contribution in [0.15, 0.2) is 6.07 Å². The molecule has 1 saturated carbocycles. The second-order valence-electron chi connectivity index (χ2n) is 11.1. The molecule has 8 nitrogen and oxygen atoms in total. The molecule has 0 unspecified atom stereocenters. The molecule has 2 aliphatic rings. The first-order valence-electron chi connectivity index (χ1n) is 14.2. The van der Waals surface area contributed by atoms with Gasteiger partial charge in [0, 0.05) is 61.0 Å². The van der Waals surface area contributed by atoms with Crippen LogP contribution in [-0.4, -0.2) is 74.5 Å². The number of carbonyl (C=O) groups excluding carboxylic acids is 1. The third kappa shape index (κ3) is 6.59. The van der Waals surface area contributed by atoms with E-state index in [1.54, 1.807) is 18.4 Å². The molecule has 2 N–H and O–H groups in total. The first kappa shape index (κ1) is 29.8. The van der Waals surface area contributed by atoms with Crippen LogP contribution in [0.25, 0.3) is 0 Å². The van der Waals surface area contributed by atoms with Crippen LogP contribution in [0.4, 0.5) is 5.00 Å². The summed E-state index contributed by atoms with van der Waals surface area (Å²) in [5.74, 6) is 0.410. The van der Waals surface area contributed by atoms with E-state index in [0.717, 1.165) is 77.6 Å². The van der Waals surface area contributed by atoms with Gasteiger partial charge in [-0.25, -0.2) is 9.78 Å². The summed E-state index contributed by atoms with van der Waals surface area (Å²) in [6.45, 7) is 11.9. The van der Waals surface area contributed by atoms with Crippen molar-refractivity contribution in [2.75, 3.05) is 46.3 Å². The standard InChI is InChI=1S/C30H46N4O4S/c1-8-30(12-9-22(10-13-30)34-17-23(18-34)36-5)33-28-21(4)26(29(35)38-7)25(39-28)11-14-31-16-24-19(2)15-20(3)32-27(24)37-6/h15,22-23,31,33H,8-14,16-18H2,1-7H3/t22-,30+. The molecule has 2 fully saturated rings. The van der Waals surface area contributed by atoms with E-state index in [0.29, 0.717) is 30.1 Å². The Bertz CT molecular complexity index is 1140. The Morgan fingerprint density at radius 2 is 1.90 bits per heavy atom. The van der Waals surface area contributed by atoms with Crippen molar-refractivity contribution in [3.63, 3.8) is 0 Å². The number of aromatic nitrogens is 1. The van der Waals surface area contributed by atoms with Crippen molar-refractivity contribution in [3.8, 4) is 5.88 Å². The number of anilines is 1. The maximum atomic E-state index is 12.8. The van der Waals surface area contributed by atoms with Crippen molar-refractivity contribution in [1.82, 2.24) is 15.2 Å². The fourth-order valence-electron chi connectivity index (χ4n) is 6.11. The molecule has 0 amide bonds. The number of aryl methyl sites for hydroxylation is 2. The van der Waals surface area contributed by atoms with Crippen LogP contribution in [0.1, 0.15) is 76.6 Å². The van der Waals surface area contributed by atoms with E-state index >= 15 is 0 Å². The van der Waals surface area contributed by atoms with Gasteiger partial charge in [-0.3, -0.25) is 4.90 Å². The zero-order valence-corrected chi connectivity index (χ0v) is 25.6. The predicted octanol–water partition coefficient (Wildman–Crippen LogP) is 5.03. The quantitative estimate of drug-likeness (QED) is 0.277. The van der Waals surface area contributed by atoms with Crippen LogP contribution in [0, 0.1) is 20.8 Å². The van der Waals surface area contributed by atoms with Gasteiger partial charge >= 0.3 is 5.97 Å². The number of pyridine rings is 1. The third-order valence-electron chi connectivity index (χ3n) is 8.76. The van der Waals surface area contributed by atoms with Gasteiger partial charge in [-0.2, -0.15) is 0 Å². The molecule has 0 atom stereocenters. The average Bonchev–Trinajstić information content (AvgIpc) is 3.21. The number of esters is 1. The number of rotatable bonds is 12. The number of methoxy groups -OCH3 is 3. The molecule has 1 aliphatic carbocycles. The average molecular weight is 559 g/mol. The summed E-state index contributed by atoms with van der Waals surface area (Å²) in [6.07, 6.45) is 6.87. The second-order valence-corrected chi connectivity index (χ2v) is 12.2. The number of nitrogens with one attached hydrogen (secondary N) is 2. The lowest BCUT2D eigenvalue weighted by molar-refractivity contribution is -0.0600. The zero-order valence-electron chi connectivity index (χ0n) is 24.7. The van der Waals surface area contributed by atoms with Gasteiger partial charge < -0.3 is 24.8 Å². The van der Waals surface area contributed by atoms with Crippen molar-refractivity contribution in [1.29, 1.82) is 0 Å². The minimum absolute atomic E-state index is 0.0626. The van der Waals surface area contributed by atoms with Crippen molar-refractivity contribution in [2.24, 2.45) is 0 Å². The van der Waals surface area contributed by atoms with Crippen molar-refractivity contribution < 1.29 is 19.0 Å². The molecule has 0 aromatic carbocycles. The number of hydrogen-bond donors (Lipinski definition) is 2. The zero-order chi connectivity index (χ0) is 28.2. The van der Waals surface area contributed by atoms with E-state index in [2.05, 4.69) is 40.4 Å². The lowest BCUT2D eigenvalue weighted by Gasteiger charge is -2.49. The van der Waals surface area contributed by atoms with Gasteiger partial charge in [0.15, 0.2) is 0 Å². The number of likely N-dealkylation sites (tertiary alicyclic amines) is 1. The number of hydrogen-bond acceptors (Lipinski definition) is 9. The van der Waals surface area contributed by atoms with E-state index in [-0.39, 0.29) is 11.5 Å². The van der Waals surface area contributed by atoms with Crippen LogP contribution in [0.5, 0.6) is 5.88 Å². The van der Waals surface area contributed by atoms with E-state index in [4.69, 9.17) is 14.2 Å². The molecule has 2 aromatic rings. The molecular weight excluding hydrogens is 512 g/mol. The highest BCUT2D eigenvalue weighted by molar-refractivity contribution is 7.16. The maximum Gasteiger partial charge on any atom is 0.339 e. The molecule has 0 radical (unpaired) electrons. The fraction of sp³-hybridized carbons (Fsp3) is 0.667. The largest absolute Gasteiger partial charge is 0.481 e. The minimum Gasteiger partial charge on any atom is -0.481 e. The SMILES string of the molecule is CC[C@]1(Nc2sc(CCNCc3c(C)cc(C)nc3OC)c(C(=O)OC)c2C)CC[C@@H](N2CC(OC)C2)CC1. The number of carbonyl (C=O) groups is 1. The smallest absolute Gasteiger partial charge is 0.339 e. The van der Waals surface area contributed by atoms with Gasteiger partial charge in [0.25, 0.3) is 0 Å². The highest BCUT2D eigenvalue weighted by Crippen LogP contribution is 2.42. The Hall–Kier alpha value is -2.20. The van der Waals surface area contributed by atoms with Crippen LogP contribution in [0.3, 0.4) is 0 Å². The first-order chi connectivity index (χ1) is 18.7. The second kappa shape index (κ2) is 13.0. The normalized spacial score (nSPS) is 22.0. The van der Waals surface area contributed by atoms with E-state index < -0.39 is 0 Å². The molecule has 4 rings (SSSR count). The summed E-state index contributed by atoms with van der Waals surface area (Å²) < 4.78 is 16.2. The summed E-state index contributed by atoms with van der Waals surface area (Å²) in [6, 6.07) is 2.73. The monoisotopic (exact) mass is 558 g/mol. The summed E-state index contributed by atoms with van der Waals surface area (Å²) in [4.78, 5) is 21.0. The Labute approximate surface area is 237 Å². The molecule has 216 valence electrons. The molecule has 1 saturated heterocycles. The van der Waals surface area contributed by atoms with Crippen LogP contribution >= 0.6 is 11.3 Å². The minimum atomic E-state index is -0.258. The van der Waals surface area contributed by atoms with E-state index in [1.165, 1.54) is 20.0 Å². The van der Waals surface area contributed by atoms with Crippen LogP contribution < -0.4 is 15.4 Å². The maximum absolute atomic E-state index is 12.8. The summed E-state index contributed by atoms with van der Waals surface area (Å²) in [5.41, 5.74) is 4.95. The van der Waals surface area contributed by atoms with Gasteiger partial charge in [-0.05, 0) is 76.5 Å². The Morgan fingerprint density at radius 1 is 1.18 bits per heavy atom. The molecule has 1 aliphatic heterocycles. The lowest BCUT2D eigenvalue weighted by atomic mass is 9.76. The Kier molecular flexibility index (Phi) is 9.91. The molecule has 3 heterocycles. The molecule has 39 heavy (non-hydrogen) atoms. The molecule has 2 aromatic heterocycles. The lowest BCUT2D eigenvalue weighted by Crippen LogP contribution is -2.58. The first-order valence-corrected chi connectivity index (χ1v) is 15.0. The number of nitrogens with zero attached hydrogens (tertiary/aromatic N) is 2. The Morgan fingerprint density at radius 3 is 2.51 bits per heavy atom. The van der Waals surface area contributed by atoms with Gasteiger partial charge in [-0.1, -0.05) is 6.92 Å². The number of ether oxygens (including phenoxy) is 3. The van der Waals surface area contributed by atoms with E-state index in [9.17, 15) is 4.79 Å². The van der Waals surface area contributed by atoms with Gasteiger partial charge in [0.05, 0.1) is 30.9 Å². The van der Waals surface area contributed by atoms with Gasteiger partial charge in [-0.15, -0.1) is 11.3 Å². The van der Waals surface area contributed by atoms with Crippen LogP contribution in [-0.2, 0) is 22.4 Å². The van der Waals surface area contributed by atoms with Crippen LogP contribution in [0.2, 0.25) is 0 Å². The third-order valence-corrected chi connectivity index (χ3v) is 10.0. The summed E-state index contributed by atoms with van der Waals surface area (Å²) in [5, 5.41) is 8.57. The van der Waals surface area contributed by atoms with Crippen molar-refractivity contribution >= 4 is 22.3 Å². The predicted molar refractivity (Wildman–Crippen MR) is 157 cm³/mol. The summed E-state index contributed by atoms with van der Waals surface area (Å²) in [7, 11) is 4.94.